The highest BCUT2D eigenvalue weighted by molar-refractivity contribution is 5.82. The predicted octanol–water partition coefficient (Wildman–Crippen LogP) is 2.98. The molecule has 1 aliphatic rings. The van der Waals surface area contributed by atoms with Crippen LogP contribution >= 0.6 is 0 Å². The third-order valence-electron chi connectivity index (χ3n) is 3.15. The lowest BCUT2D eigenvalue weighted by Gasteiger charge is -2.31. The van der Waals surface area contributed by atoms with Crippen LogP contribution in [0.1, 0.15) is 26.7 Å². The number of carbonyl (C=O) groups excluding carboxylic acids is 1. The summed E-state index contributed by atoms with van der Waals surface area (Å²) in [7, 11) is 0. The Morgan fingerprint density at radius 2 is 2.23 bits per heavy atom. The molecule has 1 saturated carbocycles. The monoisotopic (exact) mass is 178 g/mol. The molecule has 0 N–H and O–H groups in total. The lowest BCUT2D eigenvalue weighted by atomic mass is 9.72. The highest BCUT2D eigenvalue weighted by Gasteiger charge is 2.31. The fourth-order valence-electron chi connectivity index (χ4n) is 1.96. The minimum atomic E-state index is 0.160. The second-order valence-electron chi connectivity index (χ2n) is 4.14. The quantitative estimate of drug-likeness (QED) is 0.594. The van der Waals surface area contributed by atoms with Gasteiger partial charge in [0.05, 0.1) is 0 Å². The molecular weight excluding hydrogens is 160 g/mol. The van der Waals surface area contributed by atoms with E-state index in [1.807, 2.05) is 19.9 Å². The second kappa shape index (κ2) is 3.91. The van der Waals surface area contributed by atoms with E-state index in [0.29, 0.717) is 24.0 Å². The Balaban J connectivity index is 2.74. The molecule has 0 aromatic carbocycles. The van der Waals surface area contributed by atoms with Crippen LogP contribution < -0.4 is 0 Å². The van der Waals surface area contributed by atoms with Crippen LogP contribution in [-0.2, 0) is 4.79 Å². The molecule has 0 heterocycles. The molecule has 1 fully saturated rings. The summed E-state index contributed by atoms with van der Waals surface area (Å²) in [5, 5.41) is 0. The Morgan fingerprint density at radius 3 is 2.69 bits per heavy atom. The molecule has 1 heteroatoms. The number of carbonyl (C=O) groups is 1. The molecule has 1 rings (SSSR count). The number of allylic oxidation sites excluding steroid dienone is 2. The first-order valence-corrected chi connectivity index (χ1v) is 4.87. The molecule has 72 valence electrons. The van der Waals surface area contributed by atoms with Crippen molar-refractivity contribution in [2.24, 2.45) is 17.8 Å². The molecule has 0 bridgehead atoms. The van der Waals surface area contributed by atoms with Crippen LogP contribution in [-0.4, -0.2) is 5.78 Å². The van der Waals surface area contributed by atoms with Crippen LogP contribution in [0.3, 0.4) is 0 Å². The van der Waals surface area contributed by atoms with Gasteiger partial charge in [-0.25, -0.2) is 0 Å². The van der Waals surface area contributed by atoms with E-state index < -0.39 is 0 Å². The summed E-state index contributed by atoms with van der Waals surface area (Å²) < 4.78 is 0. The van der Waals surface area contributed by atoms with E-state index in [2.05, 4.69) is 13.2 Å². The highest BCUT2D eigenvalue weighted by Crippen LogP contribution is 2.34. The number of ketones is 1. The molecule has 0 aromatic rings. The molecule has 0 spiro atoms. The van der Waals surface area contributed by atoms with Gasteiger partial charge in [0, 0.05) is 12.3 Å². The number of hydrogen-bond acceptors (Lipinski definition) is 1. The van der Waals surface area contributed by atoms with Gasteiger partial charge in [-0.3, -0.25) is 4.79 Å². The Bertz CT molecular complexity index is 240. The van der Waals surface area contributed by atoms with E-state index in [9.17, 15) is 4.79 Å². The van der Waals surface area contributed by atoms with Crippen molar-refractivity contribution in [2.75, 3.05) is 0 Å². The van der Waals surface area contributed by atoms with E-state index in [1.54, 1.807) is 0 Å². The SMILES string of the molecule is C=C[C@H]1C[C@H](C(=C)C)CC(=O)C1C. The fraction of sp³-hybridized carbons (Fsp3) is 0.583. The summed E-state index contributed by atoms with van der Waals surface area (Å²) >= 11 is 0. The van der Waals surface area contributed by atoms with Gasteiger partial charge in [0.2, 0.25) is 0 Å². The van der Waals surface area contributed by atoms with Crippen LogP contribution in [0.5, 0.6) is 0 Å². The van der Waals surface area contributed by atoms with Gasteiger partial charge in [0.25, 0.3) is 0 Å². The van der Waals surface area contributed by atoms with Gasteiger partial charge < -0.3 is 0 Å². The third-order valence-corrected chi connectivity index (χ3v) is 3.15. The van der Waals surface area contributed by atoms with E-state index in [1.165, 1.54) is 0 Å². The van der Waals surface area contributed by atoms with Crippen LogP contribution in [0.4, 0.5) is 0 Å². The first-order chi connectivity index (χ1) is 6.06. The Kier molecular flexibility index (Phi) is 3.07. The van der Waals surface area contributed by atoms with Crippen LogP contribution in [0, 0.1) is 17.8 Å². The molecular formula is C12H18O. The number of Topliss-reactive ketones (excluding diaryl/α,β-unsaturated/α-hetero) is 1. The number of rotatable bonds is 2. The Hall–Kier alpha value is -0.850. The molecule has 1 aliphatic carbocycles. The average molecular weight is 178 g/mol. The van der Waals surface area contributed by atoms with Crippen molar-refractivity contribution in [3.8, 4) is 0 Å². The predicted molar refractivity (Wildman–Crippen MR) is 55.4 cm³/mol. The minimum absolute atomic E-state index is 0.160. The maximum absolute atomic E-state index is 11.6. The molecule has 0 aliphatic heterocycles. The maximum Gasteiger partial charge on any atom is 0.136 e. The van der Waals surface area contributed by atoms with Gasteiger partial charge >= 0.3 is 0 Å². The maximum atomic E-state index is 11.6. The van der Waals surface area contributed by atoms with Crippen molar-refractivity contribution in [2.45, 2.75) is 26.7 Å². The van der Waals surface area contributed by atoms with Gasteiger partial charge in [-0.2, -0.15) is 0 Å². The molecule has 0 radical (unpaired) electrons. The van der Waals surface area contributed by atoms with Gasteiger partial charge in [-0.15, -0.1) is 6.58 Å². The second-order valence-corrected chi connectivity index (χ2v) is 4.14. The van der Waals surface area contributed by atoms with Crippen molar-refractivity contribution in [3.63, 3.8) is 0 Å². The zero-order valence-electron chi connectivity index (χ0n) is 8.55. The van der Waals surface area contributed by atoms with Gasteiger partial charge in [-0.1, -0.05) is 25.2 Å². The summed E-state index contributed by atoms with van der Waals surface area (Å²) in [5.74, 6) is 1.26. The molecule has 3 atom stereocenters. The van der Waals surface area contributed by atoms with Crippen LogP contribution in [0.25, 0.3) is 0 Å². The van der Waals surface area contributed by atoms with Crippen molar-refractivity contribution in [1.82, 2.24) is 0 Å². The van der Waals surface area contributed by atoms with Crippen LogP contribution in [0.2, 0.25) is 0 Å². The van der Waals surface area contributed by atoms with E-state index >= 15 is 0 Å². The lowest BCUT2D eigenvalue weighted by molar-refractivity contribution is -0.126. The lowest BCUT2D eigenvalue weighted by Crippen LogP contribution is -2.30. The Morgan fingerprint density at radius 1 is 1.62 bits per heavy atom. The minimum Gasteiger partial charge on any atom is -0.299 e. The first-order valence-electron chi connectivity index (χ1n) is 4.87. The van der Waals surface area contributed by atoms with Crippen molar-refractivity contribution in [3.05, 3.63) is 24.8 Å². The van der Waals surface area contributed by atoms with Crippen LogP contribution in [0.15, 0.2) is 24.8 Å². The largest absolute Gasteiger partial charge is 0.299 e. The zero-order chi connectivity index (χ0) is 10.0. The zero-order valence-corrected chi connectivity index (χ0v) is 8.55. The number of hydrogen-bond donors (Lipinski definition) is 0. The normalized spacial score (nSPS) is 34.3. The average Bonchev–Trinajstić information content (AvgIpc) is 2.09. The fourth-order valence-corrected chi connectivity index (χ4v) is 1.96. The summed E-state index contributed by atoms with van der Waals surface area (Å²) in [4.78, 5) is 11.6. The van der Waals surface area contributed by atoms with Gasteiger partial charge in [0.15, 0.2) is 0 Å². The van der Waals surface area contributed by atoms with Crippen molar-refractivity contribution in [1.29, 1.82) is 0 Å². The first kappa shape index (κ1) is 10.2. The summed E-state index contributed by atoms with van der Waals surface area (Å²) in [6, 6.07) is 0. The topological polar surface area (TPSA) is 17.1 Å². The molecule has 1 unspecified atom stereocenters. The standard InChI is InChI=1S/C12H18O/c1-5-10-6-11(8(2)3)7-12(13)9(10)4/h5,9-11H,1-2,6-7H2,3-4H3/t9?,10-,11-/m0/s1. The van der Waals surface area contributed by atoms with Gasteiger partial charge in [-0.05, 0) is 25.2 Å². The van der Waals surface area contributed by atoms with E-state index in [4.69, 9.17) is 0 Å². The molecule has 0 aromatic heterocycles. The van der Waals surface area contributed by atoms with E-state index in [-0.39, 0.29) is 5.92 Å². The Labute approximate surface area is 80.5 Å². The van der Waals surface area contributed by atoms with E-state index in [0.717, 1.165) is 12.0 Å². The summed E-state index contributed by atoms with van der Waals surface area (Å²) in [6.07, 6.45) is 3.64. The molecule has 13 heavy (non-hydrogen) atoms. The molecule has 0 amide bonds. The molecule has 0 saturated heterocycles. The van der Waals surface area contributed by atoms with Gasteiger partial charge in [0.1, 0.15) is 5.78 Å². The highest BCUT2D eigenvalue weighted by atomic mass is 16.1. The molecule has 1 nitrogen and oxygen atoms in total. The van der Waals surface area contributed by atoms with Crippen molar-refractivity contribution >= 4 is 5.78 Å². The summed E-state index contributed by atoms with van der Waals surface area (Å²) in [5.41, 5.74) is 1.13. The smallest absolute Gasteiger partial charge is 0.136 e. The summed E-state index contributed by atoms with van der Waals surface area (Å²) in [6.45, 7) is 11.7. The van der Waals surface area contributed by atoms with Crippen molar-refractivity contribution < 1.29 is 4.79 Å². The third kappa shape index (κ3) is 2.09.